The van der Waals surface area contributed by atoms with Crippen LogP contribution in [0.5, 0.6) is 0 Å². The van der Waals surface area contributed by atoms with Crippen LogP contribution in [0.4, 0.5) is 0 Å². The van der Waals surface area contributed by atoms with Crippen LogP contribution in [0.15, 0.2) is 48.5 Å². The second kappa shape index (κ2) is 4.94. The molecule has 0 radical (unpaired) electrons. The van der Waals surface area contributed by atoms with Crippen molar-refractivity contribution >= 4 is 45.6 Å². The highest BCUT2D eigenvalue weighted by atomic mass is 127. The Morgan fingerprint density at radius 1 is 1.00 bits per heavy atom. The van der Waals surface area contributed by atoms with E-state index in [0.717, 1.165) is 16.6 Å². The fraction of sp³-hybridized carbons (Fsp3) is 0. The van der Waals surface area contributed by atoms with Gasteiger partial charge in [-0.15, -0.1) is 0 Å². The summed E-state index contributed by atoms with van der Waals surface area (Å²) in [5.41, 5.74) is 3.24. The zero-order chi connectivity index (χ0) is 12.4. The Balaban J connectivity index is 1.98. The molecule has 1 aromatic heterocycles. The Labute approximate surface area is 119 Å². The van der Waals surface area contributed by atoms with Crippen molar-refractivity contribution in [3.63, 3.8) is 0 Å². The van der Waals surface area contributed by atoms with Crippen molar-refractivity contribution < 1.29 is 0 Å². The van der Waals surface area contributed by atoms with E-state index in [2.05, 4.69) is 69.2 Å². The molecule has 3 heteroatoms. The highest BCUT2D eigenvalue weighted by Crippen LogP contribution is 2.20. The largest absolute Gasteiger partial charge is 0.277 e. The summed E-state index contributed by atoms with van der Waals surface area (Å²) < 4.78 is 1.21. The van der Waals surface area contributed by atoms with Gasteiger partial charge in [-0.05, 0) is 52.4 Å². The van der Waals surface area contributed by atoms with E-state index < -0.39 is 0 Å². The van der Waals surface area contributed by atoms with E-state index in [9.17, 15) is 0 Å². The maximum Gasteiger partial charge on any atom is 0.0927 e. The predicted molar refractivity (Wildman–Crippen MR) is 84.2 cm³/mol. The van der Waals surface area contributed by atoms with Crippen LogP contribution in [0.1, 0.15) is 11.3 Å². The molecule has 0 aliphatic carbocycles. The number of fused-ring (bicyclic) bond motifs is 1. The number of hydrogen-bond acceptors (Lipinski definition) is 1. The molecule has 0 spiro atoms. The normalized spacial score (nSPS) is 11.4. The number of hydrogen-bond donors (Lipinski definition) is 1. The lowest BCUT2D eigenvalue weighted by Crippen LogP contribution is -1.74. The van der Waals surface area contributed by atoms with Crippen molar-refractivity contribution in [3.8, 4) is 0 Å². The third-order valence-corrected chi connectivity index (χ3v) is 3.46. The number of aromatic amines is 1. The number of rotatable bonds is 2. The second-order valence-electron chi connectivity index (χ2n) is 4.04. The van der Waals surface area contributed by atoms with Gasteiger partial charge in [0.15, 0.2) is 0 Å². The summed E-state index contributed by atoms with van der Waals surface area (Å²) in [6.45, 7) is 0. The lowest BCUT2D eigenvalue weighted by molar-refractivity contribution is 1.11. The molecule has 2 nitrogen and oxygen atoms in total. The first-order valence-corrected chi connectivity index (χ1v) is 6.77. The third-order valence-electron chi connectivity index (χ3n) is 2.79. The lowest BCUT2D eigenvalue weighted by Gasteiger charge is -1.92. The van der Waals surface area contributed by atoms with Gasteiger partial charge in [-0.2, -0.15) is 5.10 Å². The zero-order valence-electron chi connectivity index (χ0n) is 9.60. The van der Waals surface area contributed by atoms with Crippen molar-refractivity contribution in [3.05, 3.63) is 63.4 Å². The number of H-pyrrole nitrogens is 1. The third kappa shape index (κ3) is 2.31. The van der Waals surface area contributed by atoms with Crippen LogP contribution >= 0.6 is 22.6 Å². The molecule has 0 fully saturated rings. The van der Waals surface area contributed by atoms with E-state index in [4.69, 9.17) is 0 Å². The van der Waals surface area contributed by atoms with E-state index in [1.165, 1.54) is 9.13 Å². The average molecular weight is 346 g/mol. The van der Waals surface area contributed by atoms with Crippen molar-refractivity contribution in [2.75, 3.05) is 0 Å². The molecule has 0 unspecified atom stereocenters. The van der Waals surface area contributed by atoms with Crippen molar-refractivity contribution in [1.82, 2.24) is 10.2 Å². The molecule has 88 valence electrons. The smallest absolute Gasteiger partial charge is 0.0927 e. The molecule has 1 heterocycles. The molecule has 0 bridgehead atoms. The molecular formula is C15H11IN2. The Bertz CT molecular complexity index is 699. The molecule has 3 rings (SSSR count). The van der Waals surface area contributed by atoms with Crippen molar-refractivity contribution in [2.45, 2.75) is 0 Å². The van der Waals surface area contributed by atoms with Crippen LogP contribution in [0, 0.1) is 3.57 Å². The van der Waals surface area contributed by atoms with E-state index in [1.807, 2.05) is 24.3 Å². The number of halogens is 1. The second-order valence-corrected chi connectivity index (χ2v) is 5.29. The monoisotopic (exact) mass is 346 g/mol. The lowest BCUT2D eigenvalue weighted by atomic mass is 10.1. The fourth-order valence-corrected chi connectivity index (χ4v) is 2.37. The Morgan fingerprint density at radius 3 is 2.67 bits per heavy atom. The Kier molecular flexibility index (Phi) is 3.15. The summed E-state index contributed by atoms with van der Waals surface area (Å²) in [6, 6.07) is 16.5. The highest BCUT2D eigenvalue weighted by Gasteiger charge is 2.02. The topological polar surface area (TPSA) is 28.7 Å². The van der Waals surface area contributed by atoms with Gasteiger partial charge in [0.25, 0.3) is 0 Å². The zero-order valence-corrected chi connectivity index (χ0v) is 11.8. The quantitative estimate of drug-likeness (QED) is 0.687. The van der Waals surface area contributed by atoms with Gasteiger partial charge in [0, 0.05) is 8.96 Å². The van der Waals surface area contributed by atoms with E-state index >= 15 is 0 Å². The van der Waals surface area contributed by atoms with Gasteiger partial charge in [-0.25, -0.2) is 0 Å². The summed E-state index contributed by atoms with van der Waals surface area (Å²) in [4.78, 5) is 0. The molecular weight excluding hydrogens is 335 g/mol. The van der Waals surface area contributed by atoms with Crippen LogP contribution in [-0.2, 0) is 0 Å². The standard InChI is InChI=1S/C15H11IN2/c16-12-7-8-13-14(17-18-15(13)10-12)9-6-11-4-2-1-3-5-11/h1-10H,(H,17,18). The van der Waals surface area contributed by atoms with E-state index in [-0.39, 0.29) is 0 Å². The number of nitrogens with one attached hydrogen (secondary N) is 1. The highest BCUT2D eigenvalue weighted by molar-refractivity contribution is 14.1. The summed E-state index contributed by atoms with van der Waals surface area (Å²) >= 11 is 2.30. The van der Waals surface area contributed by atoms with Crippen LogP contribution in [0.2, 0.25) is 0 Å². The van der Waals surface area contributed by atoms with Crippen LogP contribution in [-0.4, -0.2) is 10.2 Å². The summed E-state index contributed by atoms with van der Waals surface area (Å²) in [7, 11) is 0. The first-order chi connectivity index (χ1) is 8.83. The summed E-state index contributed by atoms with van der Waals surface area (Å²) in [6.07, 6.45) is 4.12. The molecule has 0 saturated carbocycles. The van der Waals surface area contributed by atoms with Gasteiger partial charge in [-0.3, -0.25) is 5.10 Å². The molecule has 3 aromatic rings. The Morgan fingerprint density at radius 2 is 1.83 bits per heavy atom. The van der Waals surface area contributed by atoms with Crippen molar-refractivity contribution in [1.29, 1.82) is 0 Å². The van der Waals surface area contributed by atoms with Gasteiger partial charge >= 0.3 is 0 Å². The molecule has 2 aromatic carbocycles. The van der Waals surface area contributed by atoms with E-state index in [1.54, 1.807) is 0 Å². The van der Waals surface area contributed by atoms with Gasteiger partial charge in [0.05, 0.1) is 11.2 Å². The Hall–Kier alpha value is -1.62. The number of benzene rings is 2. The maximum absolute atomic E-state index is 4.34. The van der Waals surface area contributed by atoms with Gasteiger partial charge < -0.3 is 0 Å². The molecule has 0 saturated heterocycles. The minimum atomic E-state index is 0.977. The summed E-state index contributed by atoms with van der Waals surface area (Å²) in [5.74, 6) is 0. The van der Waals surface area contributed by atoms with Crippen LogP contribution in [0.3, 0.4) is 0 Å². The van der Waals surface area contributed by atoms with Crippen LogP contribution < -0.4 is 0 Å². The minimum Gasteiger partial charge on any atom is -0.277 e. The van der Waals surface area contributed by atoms with Gasteiger partial charge in [0.1, 0.15) is 0 Å². The fourth-order valence-electron chi connectivity index (χ4n) is 1.88. The average Bonchev–Trinajstić information content (AvgIpc) is 2.80. The van der Waals surface area contributed by atoms with Gasteiger partial charge in [-0.1, -0.05) is 36.4 Å². The molecule has 0 atom stereocenters. The predicted octanol–water partition coefficient (Wildman–Crippen LogP) is 4.34. The molecule has 0 amide bonds. The number of nitrogens with zero attached hydrogens (tertiary/aromatic N) is 1. The summed E-state index contributed by atoms with van der Waals surface area (Å²) in [5, 5.41) is 8.55. The molecule has 18 heavy (non-hydrogen) atoms. The van der Waals surface area contributed by atoms with E-state index in [0.29, 0.717) is 0 Å². The van der Waals surface area contributed by atoms with Crippen molar-refractivity contribution in [2.24, 2.45) is 0 Å². The molecule has 0 aliphatic heterocycles. The van der Waals surface area contributed by atoms with Crippen LogP contribution in [0.25, 0.3) is 23.1 Å². The number of aromatic nitrogens is 2. The molecule has 0 aliphatic rings. The first kappa shape index (κ1) is 11.5. The van der Waals surface area contributed by atoms with Gasteiger partial charge in [0.2, 0.25) is 0 Å². The minimum absolute atomic E-state index is 0.977. The SMILES string of the molecule is Ic1ccc2c(C=Cc3ccccc3)n[nH]c2c1. The first-order valence-electron chi connectivity index (χ1n) is 5.70. The molecule has 1 N–H and O–H groups in total. The maximum atomic E-state index is 4.34.